The van der Waals surface area contributed by atoms with Crippen molar-refractivity contribution in [2.24, 2.45) is 0 Å². The molecule has 1 heterocycles. The summed E-state index contributed by atoms with van der Waals surface area (Å²) in [6, 6.07) is 6.11. The van der Waals surface area contributed by atoms with Crippen LogP contribution in [-0.4, -0.2) is 42.6 Å². The predicted molar refractivity (Wildman–Crippen MR) is 85.7 cm³/mol. The van der Waals surface area contributed by atoms with Crippen molar-refractivity contribution < 1.29 is 13.9 Å². The van der Waals surface area contributed by atoms with E-state index in [4.69, 9.17) is 4.74 Å². The number of hydrogen-bond acceptors (Lipinski definition) is 4. The average Bonchev–Trinajstić information content (AvgIpc) is 2.88. The van der Waals surface area contributed by atoms with Crippen molar-refractivity contribution >= 4 is 17.2 Å². The molecule has 22 heavy (non-hydrogen) atoms. The van der Waals surface area contributed by atoms with Gasteiger partial charge in [-0.1, -0.05) is 0 Å². The zero-order valence-electron chi connectivity index (χ0n) is 13.1. The molecule has 0 unspecified atom stereocenters. The van der Waals surface area contributed by atoms with Gasteiger partial charge in [0.15, 0.2) is 0 Å². The smallest absolute Gasteiger partial charge is 0.265 e. The molecule has 2 aromatic rings. The number of hydrogen-bond donors (Lipinski definition) is 0. The van der Waals surface area contributed by atoms with E-state index in [1.54, 1.807) is 31.2 Å². The van der Waals surface area contributed by atoms with Gasteiger partial charge in [-0.2, -0.15) is 0 Å². The van der Waals surface area contributed by atoms with E-state index in [0.717, 1.165) is 5.56 Å². The Morgan fingerprint density at radius 2 is 2.05 bits per heavy atom. The molecule has 1 aromatic carbocycles. The molecular formula is C16H19FN2O2S. The van der Waals surface area contributed by atoms with Crippen LogP contribution in [0.25, 0.3) is 10.6 Å². The van der Waals surface area contributed by atoms with E-state index in [-0.39, 0.29) is 17.8 Å². The SMILES string of the molecule is CO[C@H](C)CN(C)C(=O)c1sc(-c2ccc(F)cc2)nc1C. The Morgan fingerprint density at radius 3 is 2.64 bits per heavy atom. The lowest BCUT2D eigenvalue weighted by molar-refractivity contribution is 0.0603. The Morgan fingerprint density at radius 1 is 1.41 bits per heavy atom. The Balaban J connectivity index is 2.22. The zero-order valence-corrected chi connectivity index (χ0v) is 13.9. The molecule has 0 radical (unpaired) electrons. The number of methoxy groups -OCH3 is 1. The highest BCUT2D eigenvalue weighted by Gasteiger charge is 2.20. The second kappa shape index (κ2) is 6.98. The van der Waals surface area contributed by atoms with Gasteiger partial charge >= 0.3 is 0 Å². The first-order valence-corrected chi connectivity index (χ1v) is 7.75. The minimum Gasteiger partial charge on any atom is -0.380 e. The molecule has 0 saturated heterocycles. The fourth-order valence-corrected chi connectivity index (χ4v) is 3.09. The highest BCUT2D eigenvalue weighted by molar-refractivity contribution is 7.17. The van der Waals surface area contributed by atoms with Crippen LogP contribution in [0.5, 0.6) is 0 Å². The van der Waals surface area contributed by atoms with Crippen LogP contribution >= 0.6 is 11.3 Å². The Hall–Kier alpha value is -1.79. The summed E-state index contributed by atoms with van der Waals surface area (Å²) in [7, 11) is 3.36. The van der Waals surface area contributed by atoms with Crippen LogP contribution < -0.4 is 0 Å². The summed E-state index contributed by atoms with van der Waals surface area (Å²) >= 11 is 1.32. The van der Waals surface area contributed by atoms with Gasteiger partial charge in [0.05, 0.1) is 11.8 Å². The summed E-state index contributed by atoms with van der Waals surface area (Å²) in [5, 5.41) is 0.717. The summed E-state index contributed by atoms with van der Waals surface area (Å²) in [6.07, 6.45) is -0.0289. The number of carbonyl (C=O) groups is 1. The van der Waals surface area contributed by atoms with Crippen LogP contribution in [-0.2, 0) is 4.74 Å². The number of nitrogens with zero attached hydrogens (tertiary/aromatic N) is 2. The maximum Gasteiger partial charge on any atom is 0.265 e. The largest absolute Gasteiger partial charge is 0.380 e. The second-order valence-electron chi connectivity index (χ2n) is 5.17. The van der Waals surface area contributed by atoms with Crippen LogP contribution in [0.4, 0.5) is 4.39 Å². The van der Waals surface area contributed by atoms with Gasteiger partial charge in [0, 0.05) is 26.3 Å². The Bertz CT molecular complexity index is 655. The third kappa shape index (κ3) is 3.69. The molecule has 0 spiro atoms. The van der Waals surface area contributed by atoms with Crippen LogP contribution in [0.3, 0.4) is 0 Å². The van der Waals surface area contributed by atoms with Gasteiger partial charge < -0.3 is 9.64 Å². The van der Waals surface area contributed by atoms with Crippen LogP contribution in [0.2, 0.25) is 0 Å². The first-order valence-electron chi connectivity index (χ1n) is 6.94. The molecule has 0 fully saturated rings. The van der Waals surface area contributed by atoms with Crippen molar-refractivity contribution in [1.29, 1.82) is 0 Å². The van der Waals surface area contributed by atoms with Crippen molar-refractivity contribution in [3.05, 3.63) is 40.7 Å². The van der Waals surface area contributed by atoms with E-state index in [1.807, 2.05) is 13.8 Å². The molecule has 1 aromatic heterocycles. The number of halogens is 1. The van der Waals surface area contributed by atoms with Gasteiger partial charge in [-0.05, 0) is 38.1 Å². The molecule has 0 aliphatic carbocycles. The number of benzene rings is 1. The third-order valence-electron chi connectivity index (χ3n) is 3.36. The second-order valence-corrected chi connectivity index (χ2v) is 6.17. The number of likely N-dealkylation sites (N-methyl/N-ethyl adjacent to an activating group) is 1. The number of amides is 1. The fraction of sp³-hybridized carbons (Fsp3) is 0.375. The molecule has 6 heteroatoms. The Labute approximate surface area is 133 Å². The maximum atomic E-state index is 13.0. The number of ether oxygens (including phenoxy) is 1. The quantitative estimate of drug-likeness (QED) is 0.847. The molecule has 1 amide bonds. The number of rotatable bonds is 5. The lowest BCUT2D eigenvalue weighted by Crippen LogP contribution is -2.33. The minimum atomic E-state index is -0.290. The summed E-state index contributed by atoms with van der Waals surface area (Å²) < 4.78 is 18.2. The number of carbonyl (C=O) groups excluding carboxylic acids is 1. The lowest BCUT2D eigenvalue weighted by Gasteiger charge is -2.20. The van der Waals surface area contributed by atoms with E-state index in [0.29, 0.717) is 22.1 Å². The van der Waals surface area contributed by atoms with E-state index < -0.39 is 0 Å². The van der Waals surface area contributed by atoms with Crippen molar-refractivity contribution in [2.45, 2.75) is 20.0 Å². The monoisotopic (exact) mass is 322 g/mol. The van der Waals surface area contributed by atoms with Gasteiger partial charge in [-0.25, -0.2) is 9.37 Å². The van der Waals surface area contributed by atoms with E-state index in [1.165, 1.54) is 23.5 Å². The number of aromatic nitrogens is 1. The van der Waals surface area contributed by atoms with Crippen LogP contribution in [0, 0.1) is 12.7 Å². The average molecular weight is 322 g/mol. The van der Waals surface area contributed by atoms with Gasteiger partial charge in [0.1, 0.15) is 15.7 Å². The van der Waals surface area contributed by atoms with Gasteiger partial charge in [-0.3, -0.25) is 4.79 Å². The van der Waals surface area contributed by atoms with Crippen molar-refractivity contribution in [2.75, 3.05) is 20.7 Å². The first-order chi connectivity index (χ1) is 10.4. The van der Waals surface area contributed by atoms with E-state index in [9.17, 15) is 9.18 Å². The fourth-order valence-electron chi connectivity index (χ4n) is 2.03. The minimum absolute atomic E-state index is 0.0289. The first kappa shape index (κ1) is 16.6. The molecule has 118 valence electrons. The van der Waals surface area contributed by atoms with Gasteiger partial charge in [-0.15, -0.1) is 11.3 Å². The summed E-state index contributed by atoms with van der Waals surface area (Å²) in [5.74, 6) is -0.367. The van der Waals surface area contributed by atoms with Crippen LogP contribution in [0.15, 0.2) is 24.3 Å². The van der Waals surface area contributed by atoms with E-state index in [2.05, 4.69) is 4.98 Å². The summed E-state index contributed by atoms with van der Waals surface area (Å²) in [5.41, 5.74) is 1.49. The highest BCUT2D eigenvalue weighted by Crippen LogP contribution is 2.28. The Kier molecular flexibility index (Phi) is 5.26. The topological polar surface area (TPSA) is 42.4 Å². The molecule has 2 rings (SSSR count). The molecule has 0 aliphatic heterocycles. The molecule has 4 nitrogen and oxygen atoms in total. The molecule has 0 bridgehead atoms. The molecule has 0 aliphatic rings. The summed E-state index contributed by atoms with van der Waals surface area (Å²) in [4.78, 5) is 19.2. The third-order valence-corrected chi connectivity index (χ3v) is 4.56. The predicted octanol–water partition coefficient (Wildman–Crippen LogP) is 3.36. The number of thiazole rings is 1. The normalized spacial score (nSPS) is 12.2. The van der Waals surface area contributed by atoms with Crippen LogP contribution in [0.1, 0.15) is 22.3 Å². The zero-order chi connectivity index (χ0) is 16.3. The van der Waals surface area contributed by atoms with Gasteiger partial charge in [0.2, 0.25) is 0 Å². The lowest BCUT2D eigenvalue weighted by atomic mass is 10.2. The van der Waals surface area contributed by atoms with Crippen molar-refractivity contribution in [3.63, 3.8) is 0 Å². The summed E-state index contributed by atoms with van der Waals surface area (Å²) in [6.45, 7) is 4.23. The molecular weight excluding hydrogens is 303 g/mol. The van der Waals surface area contributed by atoms with E-state index >= 15 is 0 Å². The van der Waals surface area contributed by atoms with Crippen molar-refractivity contribution in [1.82, 2.24) is 9.88 Å². The standard InChI is InChI=1S/C16H19FN2O2S/c1-10(21-4)9-19(3)16(20)14-11(2)18-15(22-14)12-5-7-13(17)8-6-12/h5-8,10H,9H2,1-4H3/t10-/m1/s1. The number of aryl methyl sites for hydroxylation is 1. The van der Waals surface area contributed by atoms with Crippen molar-refractivity contribution in [3.8, 4) is 10.6 Å². The highest BCUT2D eigenvalue weighted by atomic mass is 32.1. The maximum absolute atomic E-state index is 13.0. The van der Waals surface area contributed by atoms with Gasteiger partial charge in [0.25, 0.3) is 5.91 Å². The molecule has 0 saturated carbocycles. The molecule has 0 N–H and O–H groups in total. The molecule has 1 atom stereocenters.